The predicted octanol–water partition coefficient (Wildman–Crippen LogP) is 1.78. The van der Waals surface area contributed by atoms with Crippen molar-refractivity contribution in [3.8, 4) is 0 Å². The fourth-order valence-corrected chi connectivity index (χ4v) is 2.67. The fourth-order valence-electron chi connectivity index (χ4n) is 2.67. The van der Waals surface area contributed by atoms with Crippen molar-refractivity contribution in [3.05, 3.63) is 29.8 Å². The number of rotatable bonds is 4. The minimum Gasteiger partial charge on any atom is -0.336 e. The zero-order chi connectivity index (χ0) is 16.1. The lowest BCUT2D eigenvalue weighted by molar-refractivity contribution is 0.0741. The first kappa shape index (κ1) is 16.3. The van der Waals surface area contributed by atoms with Crippen LogP contribution in [0.3, 0.4) is 0 Å². The monoisotopic (exact) mass is 304 g/mol. The van der Waals surface area contributed by atoms with Crippen molar-refractivity contribution in [2.75, 3.05) is 18.4 Å². The molecule has 1 saturated heterocycles. The van der Waals surface area contributed by atoms with Gasteiger partial charge in [0.1, 0.15) is 0 Å². The van der Waals surface area contributed by atoms with Gasteiger partial charge in [-0.15, -0.1) is 0 Å². The molecule has 22 heavy (non-hydrogen) atoms. The molecule has 0 saturated carbocycles. The van der Waals surface area contributed by atoms with E-state index in [1.54, 1.807) is 24.3 Å². The van der Waals surface area contributed by atoms with E-state index in [0.717, 1.165) is 19.4 Å². The molecule has 2 rings (SSSR count). The number of nitrogens with one attached hydrogen (secondary N) is 2. The quantitative estimate of drug-likeness (QED) is 0.792. The molecule has 1 aliphatic heterocycles. The van der Waals surface area contributed by atoms with Gasteiger partial charge < -0.3 is 21.3 Å². The van der Waals surface area contributed by atoms with E-state index in [1.807, 2.05) is 18.7 Å². The number of nitrogens with two attached hydrogens (primary N) is 1. The van der Waals surface area contributed by atoms with Gasteiger partial charge in [-0.1, -0.05) is 6.07 Å². The van der Waals surface area contributed by atoms with Crippen LogP contribution in [0.4, 0.5) is 10.5 Å². The van der Waals surface area contributed by atoms with Crippen LogP contribution < -0.4 is 16.4 Å². The number of benzene rings is 1. The topological polar surface area (TPSA) is 87.5 Å². The van der Waals surface area contributed by atoms with Gasteiger partial charge in [0, 0.05) is 36.4 Å². The summed E-state index contributed by atoms with van der Waals surface area (Å²) in [6.45, 7) is 5.01. The number of carbonyl (C=O) groups is 2. The van der Waals surface area contributed by atoms with Crippen molar-refractivity contribution in [2.45, 2.75) is 38.8 Å². The smallest absolute Gasteiger partial charge is 0.319 e. The number of hydrogen-bond donors (Lipinski definition) is 3. The molecular formula is C16H24N4O2. The number of anilines is 1. The van der Waals surface area contributed by atoms with E-state index in [1.165, 1.54) is 0 Å². The number of nitrogens with zero attached hydrogens (tertiary/aromatic N) is 1. The van der Waals surface area contributed by atoms with Crippen molar-refractivity contribution < 1.29 is 9.59 Å². The van der Waals surface area contributed by atoms with E-state index in [0.29, 0.717) is 17.8 Å². The summed E-state index contributed by atoms with van der Waals surface area (Å²) in [7, 11) is 0. The second-order valence-corrected chi connectivity index (χ2v) is 5.86. The van der Waals surface area contributed by atoms with Gasteiger partial charge in [-0.2, -0.15) is 0 Å². The predicted molar refractivity (Wildman–Crippen MR) is 86.8 cm³/mol. The normalized spacial score (nSPS) is 17.6. The number of carbonyl (C=O) groups excluding carboxylic acids is 2. The molecule has 3 amide bonds. The molecule has 1 fully saturated rings. The lowest BCUT2D eigenvalue weighted by atomic mass is 10.1. The molecule has 1 aliphatic rings. The zero-order valence-electron chi connectivity index (χ0n) is 13.1. The number of amides is 3. The Morgan fingerprint density at radius 2 is 2.18 bits per heavy atom. The Bertz CT molecular complexity index is 545. The van der Waals surface area contributed by atoms with Crippen LogP contribution in [-0.2, 0) is 0 Å². The van der Waals surface area contributed by atoms with Crippen molar-refractivity contribution in [1.29, 1.82) is 0 Å². The molecule has 0 aliphatic carbocycles. The lowest BCUT2D eigenvalue weighted by Crippen LogP contribution is -2.40. The van der Waals surface area contributed by atoms with Gasteiger partial charge in [-0.05, 0) is 44.9 Å². The summed E-state index contributed by atoms with van der Waals surface area (Å²) >= 11 is 0. The number of urea groups is 1. The largest absolute Gasteiger partial charge is 0.336 e. The molecule has 6 heteroatoms. The van der Waals surface area contributed by atoms with Crippen molar-refractivity contribution in [2.24, 2.45) is 5.73 Å². The molecule has 0 bridgehead atoms. The standard InChI is InChI=1S/C16H24N4O2/c1-11(2)18-16(22)19-13-6-3-5-12(9-13)15(21)20-8-4-7-14(20)10-17/h3,5-6,9,11,14H,4,7-8,10,17H2,1-2H3,(H2,18,19,22). The Morgan fingerprint density at radius 1 is 1.41 bits per heavy atom. The molecule has 1 heterocycles. The Hall–Kier alpha value is -2.08. The number of hydrogen-bond acceptors (Lipinski definition) is 3. The molecule has 4 N–H and O–H groups in total. The van der Waals surface area contributed by atoms with Crippen molar-refractivity contribution in [1.82, 2.24) is 10.2 Å². The average Bonchev–Trinajstić information content (AvgIpc) is 2.94. The summed E-state index contributed by atoms with van der Waals surface area (Å²) in [6.07, 6.45) is 1.94. The molecule has 1 aromatic carbocycles. The van der Waals surface area contributed by atoms with Crippen molar-refractivity contribution in [3.63, 3.8) is 0 Å². The first-order valence-corrected chi connectivity index (χ1v) is 7.70. The summed E-state index contributed by atoms with van der Waals surface area (Å²) in [5.41, 5.74) is 6.90. The maximum absolute atomic E-state index is 12.6. The Labute approximate surface area is 131 Å². The van der Waals surface area contributed by atoms with Crippen LogP contribution in [0, 0.1) is 0 Å². The third-order valence-corrected chi connectivity index (χ3v) is 3.70. The van der Waals surface area contributed by atoms with Gasteiger partial charge in [0.25, 0.3) is 5.91 Å². The lowest BCUT2D eigenvalue weighted by Gasteiger charge is -2.23. The third-order valence-electron chi connectivity index (χ3n) is 3.70. The van der Waals surface area contributed by atoms with Gasteiger partial charge in [0.05, 0.1) is 0 Å². The highest BCUT2D eigenvalue weighted by Gasteiger charge is 2.28. The number of likely N-dealkylation sites (tertiary alicyclic amines) is 1. The molecule has 1 atom stereocenters. The Balaban J connectivity index is 2.07. The first-order valence-electron chi connectivity index (χ1n) is 7.70. The van der Waals surface area contributed by atoms with E-state index in [9.17, 15) is 9.59 Å². The maximum atomic E-state index is 12.6. The summed E-state index contributed by atoms with van der Waals surface area (Å²) < 4.78 is 0. The van der Waals surface area contributed by atoms with Crippen LogP contribution in [0.25, 0.3) is 0 Å². The second-order valence-electron chi connectivity index (χ2n) is 5.86. The van der Waals surface area contributed by atoms with E-state index < -0.39 is 0 Å². The molecule has 1 aromatic rings. The minimum absolute atomic E-state index is 0.0270. The van der Waals surface area contributed by atoms with E-state index >= 15 is 0 Å². The van der Waals surface area contributed by atoms with Crippen LogP contribution >= 0.6 is 0 Å². The summed E-state index contributed by atoms with van der Waals surface area (Å²) in [5.74, 6) is -0.0270. The molecule has 120 valence electrons. The molecule has 0 radical (unpaired) electrons. The van der Waals surface area contributed by atoms with Gasteiger partial charge in [0.2, 0.25) is 0 Å². The first-order chi connectivity index (χ1) is 10.5. The van der Waals surface area contributed by atoms with Gasteiger partial charge in [0.15, 0.2) is 0 Å². The summed E-state index contributed by atoms with van der Waals surface area (Å²) in [4.78, 5) is 26.1. The highest BCUT2D eigenvalue weighted by Crippen LogP contribution is 2.20. The van der Waals surface area contributed by atoms with Crippen LogP contribution in [0.15, 0.2) is 24.3 Å². The zero-order valence-corrected chi connectivity index (χ0v) is 13.1. The third kappa shape index (κ3) is 3.98. The highest BCUT2D eigenvalue weighted by molar-refractivity contribution is 5.97. The highest BCUT2D eigenvalue weighted by atomic mass is 16.2. The minimum atomic E-state index is -0.277. The van der Waals surface area contributed by atoms with E-state index in [-0.39, 0.29) is 24.0 Å². The van der Waals surface area contributed by atoms with Crippen LogP contribution in [0.5, 0.6) is 0 Å². The molecular weight excluding hydrogens is 280 g/mol. The Morgan fingerprint density at radius 3 is 2.86 bits per heavy atom. The van der Waals surface area contributed by atoms with Gasteiger partial charge in [-0.3, -0.25) is 4.79 Å². The second kappa shape index (κ2) is 7.26. The van der Waals surface area contributed by atoms with Gasteiger partial charge >= 0.3 is 6.03 Å². The van der Waals surface area contributed by atoms with E-state index in [2.05, 4.69) is 10.6 Å². The van der Waals surface area contributed by atoms with Crippen molar-refractivity contribution >= 4 is 17.6 Å². The molecule has 6 nitrogen and oxygen atoms in total. The average molecular weight is 304 g/mol. The van der Waals surface area contributed by atoms with Gasteiger partial charge in [-0.25, -0.2) is 4.79 Å². The maximum Gasteiger partial charge on any atom is 0.319 e. The molecule has 1 unspecified atom stereocenters. The summed E-state index contributed by atoms with van der Waals surface area (Å²) in [6, 6.07) is 6.90. The SMILES string of the molecule is CC(C)NC(=O)Nc1cccc(C(=O)N2CCCC2CN)c1. The Kier molecular flexibility index (Phi) is 5.38. The fraction of sp³-hybridized carbons (Fsp3) is 0.500. The molecule has 0 spiro atoms. The van der Waals surface area contributed by atoms with Crippen LogP contribution in [-0.4, -0.2) is 42.0 Å². The molecule has 0 aromatic heterocycles. The summed E-state index contributed by atoms with van der Waals surface area (Å²) in [5, 5.41) is 5.49. The van der Waals surface area contributed by atoms with E-state index in [4.69, 9.17) is 5.73 Å². The van der Waals surface area contributed by atoms with Crippen LogP contribution in [0.2, 0.25) is 0 Å². The van der Waals surface area contributed by atoms with Crippen LogP contribution in [0.1, 0.15) is 37.0 Å².